The predicted molar refractivity (Wildman–Crippen MR) is 119 cm³/mol. The lowest BCUT2D eigenvalue weighted by Crippen LogP contribution is -2.36. The van der Waals surface area contributed by atoms with Crippen LogP contribution in [0.4, 0.5) is 17.5 Å². The van der Waals surface area contributed by atoms with E-state index >= 15 is 0 Å². The molecule has 2 aromatic carbocycles. The molecule has 0 atom stereocenters. The van der Waals surface area contributed by atoms with Crippen LogP contribution in [0.25, 0.3) is 0 Å². The summed E-state index contributed by atoms with van der Waals surface area (Å²) < 4.78 is 0. The summed E-state index contributed by atoms with van der Waals surface area (Å²) in [5, 5.41) is 8.61. The van der Waals surface area contributed by atoms with Gasteiger partial charge in [-0.2, -0.15) is 10.1 Å². The number of benzene rings is 2. The molecule has 5 nitrogen and oxygen atoms in total. The highest BCUT2D eigenvalue weighted by atomic mass is 15.3. The van der Waals surface area contributed by atoms with Crippen LogP contribution in [0, 0.1) is 12.8 Å². The van der Waals surface area contributed by atoms with E-state index in [0.717, 1.165) is 62.3 Å². The van der Waals surface area contributed by atoms with Crippen molar-refractivity contribution in [1.82, 2.24) is 15.2 Å². The Balaban J connectivity index is 1.44. The third kappa shape index (κ3) is 4.73. The fraction of sp³-hybridized carbons (Fsp3) is 0.375. The molecular formula is C24H29N5. The normalized spacial score (nSPS) is 14.8. The first-order chi connectivity index (χ1) is 14.2. The Labute approximate surface area is 173 Å². The lowest BCUT2D eigenvalue weighted by Gasteiger charge is -2.32. The van der Waals surface area contributed by atoms with Crippen LogP contribution >= 0.6 is 0 Å². The Hall–Kier alpha value is -2.95. The number of nitrogens with zero attached hydrogens (tertiary/aromatic N) is 5. The van der Waals surface area contributed by atoms with Crippen LogP contribution in [0.3, 0.4) is 0 Å². The molecule has 3 aromatic rings. The highest BCUT2D eigenvalue weighted by molar-refractivity contribution is 5.60. The number of rotatable bonds is 6. The number of aromatic nitrogens is 3. The smallest absolute Gasteiger partial charge is 0.247 e. The minimum absolute atomic E-state index is 0.726. The molecule has 0 spiro atoms. The van der Waals surface area contributed by atoms with E-state index in [0.29, 0.717) is 0 Å². The van der Waals surface area contributed by atoms with Crippen molar-refractivity contribution in [3.63, 3.8) is 0 Å². The quantitative estimate of drug-likeness (QED) is 0.608. The van der Waals surface area contributed by atoms with Gasteiger partial charge < -0.3 is 9.80 Å². The predicted octanol–water partition coefficient (Wildman–Crippen LogP) is 4.80. The Morgan fingerprint density at radius 2 is 1.83 bits per heavy atom. The van der Waals surface area contributed by atoms with Gasteiger partial charge in [0.05, 0.1) is 6.20 Å². The van der Waals surface area contributed by atoms with E-state index < -0.39 is 0 Å². The second kappa shape index (κ2) is 9.03. The van der Waals surface area contributed by atoms with Crippen molar-refractivity contribution in [2.45, 2.75) is 33.1 Å². The fourth-order valence-corrected chi connectivity index (χ4v) is 4.11. The first kappa shape index (κ1) is 19.4. The average molecular weight is 388 g/mol. The van der Waals surface area contributed by atoms with E-state index in [1.807, 2.05) is 0 Å². The van der Waals surface area contributed by atoms with Crippen LogP contribution in [-0.4, -0.2) is 34.8 Å². The average Bonchev–Trinajstić information content (AvgIpc) is 2.76. The summed E-state index contributed by atoms with van der Waals surface area (Å²) in [5.74, 6) is 2.32. The lowest BCUT2D eigenvalue weighted by molar-refractivity contribution is 0.400. The van der Waals surface area contributed by atoms with Gasteiger partial charge in [0.15, 0.2) is 5.82 Å². The van der Waals surface area contributed by atoms with Crippen molar-refractivity contribution in [2.75, 3.05) is 29.4 Å². The minimum atomic E-state index is 0.726. The van der Waals surface area contributed by atoms with Crippen molar-refractivity contribution in [1.29, 1.82) is 0 Å². The zero-order chi connectivity index (χ0) is 20.1. The molecule has 0 N–H and O–H groups in total. The molecule has 0 saturated carbocycles. The van der Waals surface area contributed by atoms with Crippen LogP contribution in [0.15, 0.2) is 60.8 Å². The Kier molecular flexibility index (Phi) is 6.03. The van der Waals surface area contributed by atoms with Gasteiger partial charge >= 0.3 is 0 Å². The van der Waals surface area contributed by atoms with Gasteiger partial charge in [-0.25, -0.2) is 0 Å². The first-order valence-corrected chi connectivity index (χ1v) is 10.6. The molecule has 1 aromatic heterocycles. The van der Waals surface area contributed by atoms with Gasteiger partial charge in [-0.1, -0.05) is 42.5 Å². The summed E-state index contributed by atoms with van der Waals surface area (Å²) >= 11 is 0. The van der Waals surface area contributed by atoms with Crippen molar-refractivity contribution >= 4 is 17.5 Å². The molecule has 29 heavy (non-hydrogen) atoms. The van der Waals surface area contributed by atoms with E-state index in [-0.39, 0.29) is 0 Å². The van der Waals surface area contributed by atoms with Crippen LogP contribution < -0.4 is 9.80 Å². The lowest BCUT2D eigenvalue weighted by atomic mass is 9.90. The number of aryl methyl sites for hydroxylation is 1. The van der Waals surface area contributed by atoms with Gasteiger partial charge in [-0.3, -0.25) is 0 Å². The standard InChI is InChI=1S/C24H29N5/c1-3-29(22-11-7-8-19(2)16-22)23-18-25-27-24(26-23)28-14-12-21(13-15-28)17-20-9-5-4-6-10-20/h4-11,16,18,21H,3,12-15,17H2,1-2H3. The SMILES string of the molecule is CCN(c1cccc(C)c1)c1cnnc(N2CCC(Cc3ccccc3)CC2)n1. The van der Waals surface area contributed by atoms with E-state index in [1.165, 1.54) is 11.1 Å². The van der Waals surface area contributed by atoms with E-state index in [1.54, 1.807) is 6.20 Å². The number of piperidine rings is 1. The van der Waals surface area contributed by atoms with Gasteiger partial charge in [0, 0.05) is 25.3 Å². The molecule has 2 heterocycles. The zero-order valence-electron chi connectivity index (χ0n) is 17.3. The molecular weight excluding hydrogens is 358 g/mol. The topological polar surface area (TPSA) is 45.2 Å². The van der Waals surface area contributed by atoms with E-state index in [4.69, 9.17) is 4.98 Å². The summed E-state index contributed by atoms with van der Waals surface area (Å²) in [6, 6.07) is 19.3. The van der Waals surface area contributed by atoms with Gasteiger partial charge in [-0.05, 0) is 62.3 Å². The summed E-state index contributed by atoms with van der Waals surface area (Å²) in [5.41, 5.74) is 3.81. The molecule has 4 rings (SSSR count). The highest BCUT2D eigenvalue weighted by Crippen LogP contribution is 2.27. The largest absolute Gasteiger partial charge is 0.339 e. The van der Waals surface area contributed by atoms with Crippen LogP contribution in [0.5, 0.6) is 0 Å². The van der Waals surface area contributed by atoms with Crippen LogP contribution in [-0.2, 0) is 6.42 Å². The van der Waals surface area contributed by atoms with Crippen LogP contribution in [0.1, 0.15) is 30.9 Å². The Bertz CT molecular complexity index is 919. The fourth-order valence-electron chi connectivity index (χ4n) is 4.11. The molecule has 150 valence electrons. The molecule has 0 aliphatic carbocycles. The number of hydrogen-bond donors (Lipinski definition) is 0. The summed E-state index contributed by atoms with van der Waals surface area (Å²) in [6.45, 7) is 7.05. The van der Waals surface area contributed by atoms with Gasteiger partial charge in [0.1, 0.15) is 0 Å². The molecule has 0 amide bonds. The van der Waals surface area contributed by atoms with E-state index in [9.17, 15) is 0 Å². The minimum Gasteiger partial charge on any atom is -0.339 e. The highest BCUT2D eigenvalue weighted by Gasteiger charge is 2.22. The Morgan fingerprint density at radius 3 is 2.55 bits per heavy atom. The van der Waals surface area contributed by atoms with Gasteiger partial charge in [0.2, 0.25) is 5.95 Å². The maximum atomic E-state index is 4.86. The molecule has 1 saturated heterocycles. The van der Waals surface area contributed by atoms with Crippen molar-refractivity contribution < 1.29 is 0 Å². The summed E-state index contributed by atoms with van der Waals surface area (Å²) in [7, 11) is 0. The molecule has 0 bridgehead atoms. The maximum Gasteiger partial charge on any atom is 0.247 e. The second-order valence-corrected chi connectivity index (χ2v) is 7.82. The molecule has 5 heteroatoms. The van der Waals surface area contributed by atoms with Crippen molar-refractivity contribution in [2.24, 2.45) is 5.92 Å². The third-order valence-corrected chi connectivity index (χ3v) is 5.71. The van der Waals surface area contributed by atoms with Crippen LogP contribution in [0.2, 0.25) is 0 Å². The second-order valence-electron chi connectivity index (χ2n) is 7.82. The van der Waals surface area contributed by atoms with Crippen molar-refractivity contribution in [3.8, 4) is 0 Å². The molecule has 0 radical (unpaired) electrons. The molecule has 1 fully saturated rings. The molecule has 0 unspecified atom stereocenters. The number of hydrogen-bond acceptors (Lipinski definition) is 5. The monoisotopic (exact) mass is 387 g/mol. The summed E-state index contributed by atoms with van der Waals surface area (Å²) in [6.07, 6.45) is 5.25. The molecule has 1 aliphatic heterocycles. The number of anilines is 3. The molecule has 1 aliphatic rings. The first-order valence-electron chi connectivity index (χ1n) is 10.6. The van der Waals surface area contributed by atoms with Gasteiger partial charge in [-0.15, -0.1) is 5.10 Å². The Morgan fingerprint density at radius 1 is 1.03 bits per heavy atom. The third-order valence-electron chi connectivity index (χ3n) is 5.71. The summed E-state index contributed by atoms with van der Waals surface area (Å²) in [4.78, 5) is 9.33. The zero-order valence-corrected chi connectivity index (χ0v) is 17.3. The van der Waals surface area contributed by atoms with E-state index in [2.05, 4.69) is 88.4 Å². The van der Waals surface area contributed by atoms with Crippen molar-refractivity contribution in [3.05, 3.63) is 71.9 Å². The maximum absolute atomic E-state index is 4.86. The van der Waals surface area contributed by atoms with Gasteiger partial charge in [0.25, 0.3) is 0 Å².